The molecule has 1 aromatic carbocycles. The Balaban J connectivity index is 2.38. The number of rotatable bonds is 13. The van der Waals surface area contributed by atoms with Crippen molar-refractivity contribution in [2.45, 2.75) is 102 Å². The molecule has 1 aromatic rings. The predicted molar refractivity (Wildman–Crippen MR) is 138 cm³/mol. The van der Waals surface area contributed by atoms with Crippen LogP contribution in [0.3, 0.4) is 0 Å². The van der Waals surface area contributed by atoms with Crippen molar-refractivity contribution in [2.24, 2.45) is 0 Å². The van der Waals surface area contributed by atoms with Crippen LogP contribution in [0.4, 0.5) is 0 Å². The summed E-state index contributed by atoms with van der Waals surface area (Å²) in [6, 6.07) is 9.91. The average Bonchev–Trinajstić information content (AvgIpc) is 2.81. The van der Waals surface area contributed by atoms with E-state index in [9.17, 15) is 5.11 Å². The molecule has 7 heteroatoms. The van der Waals surface area contributed by atoms with E-state index < -0.39 is 32.9 Å². The quantitative estimate of drug-likeness (QED) is 0.207. The molecule has 0 aliphatic carbocycles. The molecule has 0 bridgehead atoms. The van der Waals surface area contributed by atoms with Gasteiger partial charge in [-0.05, 0) is 23.0 Å². The summed E-state index contributed by atoms with van der Waals surface area (Å²) in [7, 11) is -0.504. The first-order valence-corrected chi connectivity index (χ1v) is 14.8. The maximum atomic E-state index is 10.1. The first kappa shape index (κ1) is 29.2. The molecule has 6 nitrogen and oxygen atoms in total. The van der Waals surface area contributed by atoms with Gasteiger partial charge in [0.15, 0.2) is 14.6 Å². The minimum Gasteiger partial charge on any atom is -0.413 e. The first-order valence-electron chi connectivity index (χ1n) is 12.6. The molecule has 1 fully saturated rings. The number of aliphatic hydroxyl groups excluding tert-OH is 1. The van der Waals surface area contributed by atoms with Gasteiger partial charge in [0.05, 0.1) is 12.7 Å². The summed E-state index contributed by atoms with van der Waals surface area (Å²) in [6.45, 7) is 16.1. The normalized spacial score (nSPS) is 25.1. The van der Waals surface area contributed by atoms with Gasteiger partial charge >= 0.3 is 0 Å². The molecule has 0 radical (unpaired) electrons. The zero-order chi connectivity index (χ0) is 25.3. The smallest absolute Gasteiger partial charge is 0.200 e. The fraction of sp³-hybridized carbons (Fsp3) is 0.704. The molecule has 0 saturated carbocycles. The summed E-state index contributed by atoms with van der Waals surface area (Å²) in [5.74, 6) is 0. The highest BCUT2D eigenvalue weighted by Gasteiger charge is 2.47. The first-order chi connectivity index (χ1) is 16.2. The third-order valence-electron chi connectivity index (χ3n) is 6.87. The van der Waals surface area contributed by atoms with Crippen molar-refractivity contribution in [1.82, 2.24) is 0 Å². The Bertz CT molecular complexity index is 701. The van der Waals surface area contributed by atoms with Crippen molar-refractivity contribution in [3.05, 3.63) is 48.0 Å². The monoisotopic (exact) mass is 494 g/mol. The Hall–Kier alpha value is -1.06. The van der Waals surface area contributed by atoms with Crippen LogP contribution in [0.5, 0.6) is 0 Å². The van der Waals surface area contributed by atoms with E-state index in [1.54, 1.807) is 13.2 Å². The number of aliphatic hydroxyl groups is 1. The Morgan fingerprint density at radius 1 is 1.00 bits per heavy atom. The molecule has 34 heavy (non-hydrogen) atoms. The molecule has 194 valence electrons. The highest BCUT2D eigenvalue weighted by Crippen LogP contribution is 2.43. The second kappa shape index (κ2) is 13.9. The van der Waals surface area contributed by atoms with Crippen LogP contribution in [-0.2, 0) is 23.4 Å². The van der Waals surface area contributed by atoms with Gasteiger partial charge in [0, 0.05) is 12.7 Å². The number of benzene rings is 1. The van der Waals surface area contributed by atoms with Gasteiger partial charge in [0.1, 0.15) is 25.1 Å². The van der Waals surface area contributed by atoms with E-state index in [1.807, 2.05) is 43.3 Å². The van der Waals surface area contributed by atoms with Crippen LogP contribution in [-0.4, -0.2) is 58.3 Å². The van der Waals surface area contributed by atoms with Gasteiger partial charge in [-0.15, -0.1) is 0 Å². The molecule has 1 saturated heterocycles. The lowest BCUT2D eigenvalue weighted by atomic mass is 10.0. The third-order valence-corrected chi connectivity index (χ3v) is 12.9. The summed E-state index contributed by atoms with van der Waals surface area (Å²) >= 11 is 0. The van der Waals surface area contributed by atoms with Crippen molar-refractivity contribution in [3.63, 3.8) is 0 Å². The van der Waals surface area contributed by atoms with Gasteiger partial charge in [-0.2, -0.15) is 0 Å². The minimum absolute atomic E-state index is 0.117. The van der Waals surface area contributed by atoms with Crippen molar-refractivity contribution in [2.75, 3.05) is 20.5 Å². The maximum absolute atomic E-state index is 10.1. The standard InChI is InChI=1S/C27H46O6Si/c1-9-23(28)15-16-24-26(30-18-29-8)25(33-27(32-24)22-13-11-10-12-14-22)17-31-34(19(2)3,20(4)5)21(6)7/h10-16,19-21,23-28H,9,17-18H2,1-8H3/b16-15+/t23-,24+,25-,26+,27+/m1/s1. The molecule has 1 aliphatic heterocycles. The Morgan fingerprint density at radius 3 is 2.15 bits per heavy atom. The SMILES string of the molecule is CC[C@@H](O)/C=C/[C@@H]1O[C@H](c2ccccc2)O[C@H](CO[Si](C(C)C)(C(C)C)C(C)C)[C@H]1OCOC. The van der Waals surface area contributed by atoms with Crippen LogP contribution in [0.15, 0.2) is 42.5 Å². The molecular formula is C27H46O6Si. The van der Waals surface area contributed by atoms with E-state index in [0.717, 1.165) is 5.56 Å². The van der Waals surface area contributed by atoms with E-state index in [-0.39, 0.29) is 12.9 Å². The fourth-order valence-electron chi connectivity index (χ4n) is 5.21. The summed E-state index contributed by atoms with van der Waals surface area (Å²) in [5.41, 5.74) is 2.33. The van der Waals surface area contributed by atoms with Gasteiger partial charge in [0.2, 0.25) is 0 Å². The molecule has 0 unspecified atom stereocenters. The van der Waals surface area contributed by atoms with Crippen molar-refractivity contribution in [1.29, 1.82) is 0 Å². The molecule has 0 amide bonds. The van der Waals surface area contributed by atoms with Gasteiger partial charge in [-0.3, -0.25) is 0 Å². The van der Waals surface area contributed by atoms with E-state index >= 15 is 0 Å². The van der Waals surface area contributed by atoms with E-state index in [1.165, 1.54) is 0 Å². The van der Waals surface area contributed by atoms with Crippen LogP contribution in [0, 0.1) is 0 Å². The molecule has 1 N–H and O–H groups in total. The second-order valence-electron chi connectivity index (χ2n) is 10.0. The second-order valence-corrected chi connectivity index (χ2v) is 15.5. The maximum Gasteiger partial charge on any atom is 0.200 e. The van der Waals surface area contributed by atoms with Crippen LogP contribution in [0.1, 0.15) is 66.7 Å². The summed E-state index contributed by atoms with van der Waals surface area (Å²) < 4.78 is 31.0. The predicted octanol–water partition coefficient (Wildman–Crippen LogP) is 5.98. The van der Waals surface area contributed by atoms with Gasteiger partial charge < -0.3 is 28.5 Å². The fourth-order valence-corrected chi connectivity index (χ4v) is 10.7. The van der Waals surface area contributed by atoms with E-state index in [0.29, 0.717) is 29.7 Å². The zero-order valence-electron chi connectivity index (χ0n) is 22.3. The highest BCUT2D eigenvalue weighted by atomic mass is 28.4. The Morgan fingerprint density at radius 2 is 1.62 bits per heavy atom. The topological polar surface area (TPSA) is 66.4 Å². The lowest BCUT2D eigenvalue weighted by molar-refractivity contribution is -0.299. The molecule has 0 spiro atoms. The van der Waals surface area contributed by atoms with Gasteiger partial charge in [0.25, 0.3) is 0 Å². The Kier molecular flexibility index (Phi) is 11.9. The van der Waals surface area contributed by atoms with Crippen molar-refractivity contribution < 1.29 is 28.5 Å². The van der Waals surface area contributed by atoms with E-state index in [2.05, 4.69) is 41.5 Å². The molecule has 1 heterocycles. The summed E-state index contributed by atoms with van der Waals surface area (Å²) in [5, 5.41) is 10.1. The van der Waals surface area contributed by atoms with Crippen LogP contribution in [0.2, 0.25) is 16.6 Å². The van der Waals surface area contributed by atoms with Crippen molar-refractivity contribution >= 4 is 8.32 Å². The number of hydrogen-bond acceptors (Lipinski definition) is 6. The molecule has 5 atom stereocenters. The lowest BCUT2D eigenvalue weighted by Crippen LogP contribution is -2.54. The van der Waals surface area contributed by atoms with Gasteiger partial charge in [-0.25, -0.2) is 0 Å². The van der Waals surface area contributed by atoms with Crippen LogP contribution in [0.25, 0.3) is 0 Å². The zero-order valence-corrected chi connectivity index (χ0v) is 23.3. The molecule has 2 rings (SSSR count). The van der Waals surface area contributed by atoms with Crippen LogP contribution >= 0.6 is 0 Å². The molecule has 1 aliphatic rings. The van der Waals surface area contributed by atoms with Gasteiger partial charge in [-0.1, -0.05) is 91.0 Å². The highest BCUT2D eigenvalue weighted by molar-refractivity contribution is 6.77. The van der Waals surface area contributed by atoms with Crippen LogP contribution < -0.4 is 0 Å². The lowest BCUT2D eigenvalue weighted by Gasteiger charge is -2.45. The number of hydrogen-bond donors (Lipinski definition) is 1. The summed E-state index contributed by atoms with van der Waals surface area (Å²) in [6.07, 6.45) is 1.98. The van der Waals surface area contributed by atoms with E-state index in [4.69, 9.17) is 23.4 Å². The number of methoxy groups -OCH3 is 1. The largest absolute Gasteiger partial charge is 0.413 e. The summed E-state index contributed by atoms with van der Waals surface area (Å²) in [4.78, 5) is 0. The Labute approximate surface area is 207 Å². The molecular weight excluding hydrogens is 448 g/mol. The average molecular weight is 495 g/mol. The third kappa shape index (κ3) is 7.23. The number of ether oxygens (including phenoxy) is 4. The van der Waals surface area contributed by atoms with Crippen molar-refractivity contribution in [3.8, 4) is 0 Å². The minimum atomic E-state index is -2.10. The molecule has 0 aromatic heterocycles.